The van der Waals surface area contributed by atoms with Crippen molar-refractivity contribution in [2.24, 2.45) is 0 Å². The second-order valence-electron chi connectivity index (χ2n) is 7.22. The van der Waals surface area contributed by atoms with Crippen molar-refractivity contribution < 1.29 is 14.0 Å². The van der Waals surface area contributed by atoms with E-state index in [1.54, 1.807) is 22.8 Å². The van der Waals surface area contributed by atoms with E-state index in [-0.39, 0.29) is 23.8 Å². The second-order valence-corrected chi connectivity index (χ2v) is 8.16. The molecule has 32 heavy (non-hydrogen) atoms. The lowest BCUT2D eigenvalue weighted by molar-refractivity contribution is -0.116. The topological polar surface area (TPSA) is 88.9 Å². The van der Waals surface area contributed by atoms with Gasteiger partial charge in [-0.1, -0.05) is 36.0 Å². The minimum Gasteiger partial charge on any atom is -0.325 e. The molecular weight excluding hydrogens is 429 g/mol. The normalized spacial score (nSPS) is 10.6. The summed E-state index contributed by atoms with van der Waals surface area (Å²) >= 11 is 1.21. The van der Waals surface area contributed by atoms with Crippen molar-refractivity contribution in [1.29, 1.82) is 0 Å². The van der Waals surface area contributed by atoms with Crippen LogP contribution in [0.15, 0.2) is 60.3 Å². The molecule has 0 aliphatic heterocycles. The highest BCUT2D eigenvalue weighted by Gasteiger charge is 2.17. The standard InChI is InChI=1S/C23H24FN5O2S/c1-4-9-29-20(13-21(30)26-19-8-6-5-7-18(19)24)27-28-23(29)32-14-22(31)25-17-11-15(2)10-16(3)12-17/h4-8,10-12H,1,9,13-14H2,2-3H3,(H,25,31)(H,26,30). The van der Waals surface area contributed by atoms with Gasteiger partial charge in [0.1, 0.15) is 11.6 Å². The summed E-state index contributed by atoms with van der Waals surface area (Å²) in [6.45, 7) is 8.04. The minimum atomic E-state index is -0.514. The molecule has 2 amide bonds. The molecule has 0 saturated carbocycles. The average Bonchev–Trinajstić information content (AvgIpc) is 3.09. The first-order valence-electron chi connectivity index (χ1n) is 9.94. The molecule has 166 valence electrons. The number of rotatable bonds is 9. The number of thioether (sulfide) groups is 1. The van der Waals surface area contributed by atoms with E-state index in [1.807, 2.05) is 32.0 Å². The predicted octanol–water partition coefficient (Wildman–Crippen LogP) is 4.13. The van der Waals surface area contributed by atoms with E-state index in [1.165, 1.54) is 23.9 Å². The Labute approximate surface area is 190 Å². The number of carbonyl (C=O) groups excluding carboxylic acids is 2. The molecule has 0 unspecified atom stereocenters. The molecule has 0 bridgehead atoms. The van der Waals surface area contributed by atoms with Gasteiger partial charge in [-0.05, 0) is 49.2 Å². The quantitative estimate of drug-likeness (QED) is 0.376. The summed E-state index contributed by atoms with van der Waals surface area (Å²) < 4.78 is 15.5. The zero-order valence-electron chi connectivity index (χ0n) is 17.9. The molecule has 1 aromatic heterocycles. The fraction of sp³-hybridized carbons (Fsp3) is 0.217. The highest BCUT2D eigenvalue weighted by Crippen LogP contribution is 2.20. The maximum atomic E-state index is 13.8. The Morgan fingerprint density at radius 1 is 1.09 bits per heavy atom. The Kier molecular flexibility index (Phi) is 7.77. The maximum absolute atomic E-state index is 13.8. The van der Waals surface area contributed by atoms with Crippen LogP contribution in [0.2, 0.25) is 0 Å². The van der Waals surface area contributed by atoms with Crippen LogP contribution in [0.25, 0.3) is 0 Å². The first-order valence-corrected chi connectivity index (χ1v) is 10.9. The molecule has 0 fully saturated rings. The largest absolute Gasteiger partial charge is 0.325 e. The number of hydrogen-bond acceptors (Lipinski definition) is 5. The van der Waals surface area contributed by atoms with Crippen molar-refractivity contribution in [1.82, 2.24) is 14.8 Å². The lowest BCUT2D eigenvalue weighted by Crippen LogP contribution is -2.18. The van der Waals surface area contributed by atoms with Crippen molar-refractivity contribution in [2.45, 2.75) is 32.0 Å². The Balaban J connectivity index is 1.63. The van der Waals surface area contributed by atoms with Crippen LogP contribution < -0.4 is 10.6 Å². The number of para-hydroxylation sites is 1. The number of nitrogens with zero attached hydrogens (tertiary/aromatic N) is 3. The van der Waals surface area contributed by atoms with Gasteiger partial charge in [-0.3, -0.25) is 9.59 Å². The lowest BCUT2D eigenvalue weighted by atomic mass is 10.1. The zero-order valence-corrected chi connectivity index (χ0v) is 18.7. The monoisotopic (exact) mass is 453 g/mol. The molecule has 7 nitrogen and oxygen atoms in total. The van der Waals surface area contributed by atoms with Crippen molar-refractivity contribution in [3.63, 3.8) is 0 Å². The summed E-state index contributed by atoms with van der Waals surface area (Å²) in [5.74, 6) is -0.580. The molecular formula is C23H24FN5O2S. The van der Waals surface area contributed by atoms with Crippen LogP contribution in [0, 0.1) is 19.7 Å². The summed E-state index contributed by atoms with van der Waals surface area (Å²) in [5, 5.41) is 14.1. The molecule has 0 saturated heterocycles. The molecule has 0 atom stereocenters. The van der Waals surface area contributed by atoms with E-state index >= 15 is 0 Å². The van der Waals surface area contributed by atoms with E-state index in [4.69, 9.17) is 0 Å². The summed E-state index contributed by atoms with van der Waals surface area (Å²) in [6.07, 6.45) is 1.56. The summed E-state index contributed by atoms with van der Waals surface area (Å²) in [6, 6.07) is 11.8. The number of aryl methyl sites for hydroxylation is 2. The smallest absolute Gasteiger partial charge is 0.234 e. The Hall–Kier alpha value is -3.46. The Morgan fingerprint density at radius 3 is 2.50 bits per heavy atom. The number of anilines is 2. The van der Waals surface area contributed by atoms with Gasteiger partial charge in [0.25, 0.3) is 0 Å². The highest BCUT2D eigenvalue weighted by molar-refractivity contribution is 7.99. The number of carbonyl (C=O) groups is 2. The summed E-state index contributed by atoms with van der Waals surface area (Å²) in [5.41, 5.74) is 2.98. The van der Waals surface area contributed by atoms with Crippen LogP contribution in [0.3, 0.4) is 0 Å². The fourth-order valence-electron chi connectivity index (χ4n) is 3.14. The van der Waals surface area contributed by atoms with Crippen molar-refractivity contribution in [2.75, 3.05) is 16.4 Å². The van der Waals surface area contributed by atoms with Gasteiger partial charge >= 0.3 is 0 Å². The highest BCUT2D eigenvalue weighted by atomic mass is 32.2. The zero-order chi connectivity index (χ0) is 23.1. The van der Waals surface area contributed by atoms with E-state index in [0.717, 1.165) is 16.8 Å². The first-order chi connectivity index (χ1) is 15.4. The van der Waals surface area contributed by atoms with E-state index in [0.29, 0.717) is 17.5 Å². The molecule has 1 heterocycles. The molecule has 0 radical (unpaired) electrons. The molecule has 2 N–H and O–H groups in total. The fourth-order valence-corrected chi connectivity index (χ4v) is 3.91. The van der Waals surface area contributed by atoms with E-state index in [9.17, 15) is 14.0 Å². The minimum absolute atomic E-state index is 0.0928. The van der Waals surface area contributed by atoms with Crippen LogP contribution in [0.5, 0.6) is 0 Å². The predicted molar refractivity (Wildman–Crippen MR) is 124 cm³/mol. The van der Waals surface area contributed by atoms with Gasteiger partial charge in [-0.2, -0.15) is 0 Å². The van der Waals surface area contributed by atoms with Gasteiger partial charge in [0.15, 0.2) is 5.16 Å². The third-order valence-corrected chi connectivity index (χ3v) is 5.38. The summed E-state index contributed by atoms with van der Waals surface area (Å²) in [7, 11) is 0. The maximum Gasteiger partial charge on any atom is 0.234 e. The van der Waals surface area contributed by atoms with E-state index < -0.39 is 11.7 Å². The number of hydrogen-bond donors (Lipinski definition) is 2. The van der Waals surface area contributed by atoms with Crippen molar-refractivity contribution in [3.05, 3.63) is 77.9 Å². The SMILES string of the molecule is C=CCn1c(CC(=O)Nc2ccccc2F)nnc1SCC(=O)Nc1cc(C)cc(C)c1. The second kappa shape index (κ2) is 10.7. The number of amides is 2. The number of benzene rings is 2. The van der Waals surface area contributed by atoms with Crippen molar-refractivity contribution in [3.8, 4) is 0 Å². The van der Waals surface area contributed by atoms with Crippen LogP contribution >= 0.6 is 11.8 Å². The molecule has 0 aliphatic rings. The Bertz CT molecular complexity index is 1120. The number of allylic oxidation sites excluding steroid dienone is 1. The van der Waals surface area contributed by atoms with Crippen LogP contribution in [-0.2, 0) is 22.6 Å². The average molecular weight is 454 g/mol. The summed E-state index contributed by atoms with van der Waals surface area (Å²) in [4.78, 5) is 24.8. The number of nitrogens with one attached hydrogen (secondary N) is 2. The van der Waals surface area contributed by atoms with Gasteiger partial charge in [-0.25, -0.2) is 4.39 Å². The molecule has 0 aliphatic carbocycles. The van der Waals surface area contributed by atoms with Crippen LogP contribution in [-0.4, -0.2) is 32.3 Å². The molecule has 3 aromatic rings. The molecule has 0 spiro atoms. The van der Waals surface area contributed by atoms with Gasteiger partial charge in [0.2, 0.25) is 11.8 Å². The lowest BCUT2D eigenvalue weighted by Gasteiger charge is -2.09. The van der Waals surface area contributed by atoms with Crippen molar-refractivity contribution >= 4 is 35.0 Å². The van der Waals surface area contributed by atoms with Crippen LogP contribution in [0.1, 0.15) is 17.0 Å². The van der Waals surface area contributed by atoms with Gasteiger partial charge in [0.05, 0.1) is 17.9 Å². The van der Waals surface area contributed by atoms with Gasteiger partial charge in [-0.15, -0.1) is 16.8 Å². The van der Waals surface area contributed by atoms with Gasteiger partial charge < -0.3 is 15.2 Å². The first kappa shape index (κ1) is 23.2. The third-order valence-electron chi connectivity index (χ3n) is 4.41. The number of halogens is 1. The van der Waals surface area contributed by atoms with Gasteiger partial charge in [0, 0.05) is 12.2 Å². The number of aromatic nitrogens is 3. The third kappa shape index (κ3) is 6.27. The Morgan fingerprint density at radius 2 is 1.81 bits per heavy atom. The van der Waals surface area contributed by atoms with E-state index in [2.05, 4.69) is 27.4 Å². The molecule has 9 heteroatoms. The van der Waals surface area contributed by atoms with Crippen LogP contribution in [0.4, 0.5) is 15.8 Å². The molecule has 3 rings (SSSR count). The molecule has 2 aromatic carbocycles.